The number of likely N-dealkylation sites (N-methyl/N-ethyl adjacent to an activating group) is 3. The van der Waals surface area contributed by atoms with E-state index in [9.17, 15) is 0 Å². The average molecular weight is 1720 g/mol. The van der Waals surface area contributed by atoms with Gasteiger partial charge in [-0.15, -0.1) is 18.7 Å². The molecular weight excluding hydrogens is 1590 g/mol. The van der Waals surface area contributed by atoms with Crippen molar-refractivity contribution in [2.24, 2.45) is 0 Å². The molecule has 0 N–H and O–H groups in total. The summed E-state index contributed by atoms with van der Waals surface area (Å²) in [5.74, 6) is 10.3. The van der Waals surface area contributed by atoms with Crippen LogP contribution in [0.25, 0.3) is 83.9 Å². The Hall–Kier alpha value is -13.4. The maximum Gasteiger partial charge on any atom is 0.201 e. The van der Waals surface area contributed by atoms with Gasteiger partial charge in [0.1, 0.15) is 36.0 Å². The Morgan fingerprint density at radius 1 is 0.269 bits per heavy atom. The number of nitrogens with zero attached hydrogens (tertiary/aromatic N) is 15. The van der Waals surface area contributed by atoms with Gasteiger partial charge in [-0.25, -0.2) is 0 Å². The third-order valence-electron chi connectivity index (χ3n) is 28.5. The van der Waals surface area contributed by atoms with Crippen LogP contribution in [0.5, 0.6) is 0 Å². The Morgan fingerprint density at radius 3 is 1.02 bits per heavy atom. The third-order valence-corrected chi connectivity index (χ3v) is 28.5. The fourth-order valence-corrected chi connectivity index (χ4v) is 22.0. The summed E-state index contributed by atoms with van der Waals surface area (Å²) in [7, 11) is 6.54. The summed E-state index contributed by atoms with van der Waals surface area (Å²) in [5.41, 5.74) is 31.7. The standard InChI is InChI=1S/C31H33N3.C25H29N3.C22H23N3.C20H24N3.C17H18N3/c1-20(2)25-17-23(22-11-7-6-8-12-22)18-26(21(3)4)30(25)34-28-14-10-9-13-24(28)27-19-29-32(5)15-16-33(29)31(27)34;1-16(2)18-10-8-11-19(17(3)4)24(18)28-22-12-7-6-9-20(22)21-15-23-26(5)13-14-27(23)25(21)28;1-15(2)16-8-4-6-10-19(16)25-20-11-7-5-9-17(20)18-14-21-23(3)12-13-24(21)22(18)25;1-14(2)17-7-5-8-18(15(3)4)19(17)22-12-9-16-13-21-10-6-11-23(21)20(16)22;1-13(2)15-6-3-4-7-16(15)19-11-8-14-12-18-9-5-10-20(18)17(14)19/h6-18,20-21,29H,19H2,1-5H3;6-14,16-17,23H,15H2,1-5H3;4-13,15,21H,14H2,1-3H3;5-12,14-15H,13H2,1-4H3;3-11,13H,12H2,1-2H3/q;;;2*+1. The molecule has 0 spiro atoms. The SMILES string of the molecule is CC(C)c1cc(-c2ccccc2)cc(C(C)C)c1-n1c2c(c3ccccc31)CC1N(C)C=CN21.CC(C)c1cccc(C(C)C)c1-n1c2c(c3ccccc31)CC1N(C)C=CN21.CC(C)c1cccc(C(C)C)c1-n1ccc2c1-n1ccc[n+]1C2.CC(C)c1ccccc1-n1c2c(c3ccccc31)CC1N(C)C=CN21.CC(C)c1ccccc1-n1ccc2c1-n1ccc[n+]1C2. The van der Waals surface area contributed by atoms with Crippen LogP contribution in [0, 0.1) is 0 Å². The summed E-state index contributed by atoms with van der Waals surface area (Å²) in [6.45, 7) is 38.6. The first-order valence-electron chi connectivity index (χ1n) is 47.6. The number of anilines is 3. The minimum atomic E-state index is 0.370. The zero-order valence-electron chi connectivity index (χ0n) is 79.4. The molecule has 24 rings (SSSR count). The molecule has 0 radical (unpaired) electrons. The van der Waals surface area contributed by atoms with Crippen molar-refractivity contribution in [2.75, 3.05) is 35.8 Å². The molecule has 15 heterocycles. The van der Waals surface area contributed by atoms with E-state index in [-0.39, 0.29) is 0 Å². The summed E-state index contributed by atoms with van der Waals surface area (Å²) < 4.78 is 21.3. The fourth-order valence-electron chi connectivity index (χ4n) is 22.0. The summed E-state index contributed by atoms with van der Waals surface area (Å²) in [6.07, 6.45) is 30.6. The normalized spacial score (nSPS) is 16.1. The van der Waals surface area contributed by atoms with Crippen LogP contribution in [0.3, 0.4) is 0 Å². The van der Waals surface area contributed by atoms with Gasteiger partial charge in [-0.1, -0.05) is 269 Å². The molecular formula is C115H127N15+2. The van der Waals surface area contributed by atoms with Gasteiger partial charge in [0.25, 0.3) is 0 Å². The second kappa shape index (κ2) is 33.9. The minimum Gasteiger partial charge on any atom is -0.358 e. The van der Waals surface area contributed by atoms with Gasteiger partial charge < -0.3 is 29.4 Å². The molecule has 15 heteroatoms. The Morgan fingerprint density at radius 2 is 0.600 bits per heavy atom. The van der Waals surface area contributed by atoms with Gasteiger partial charge >= 0.3 is 0 Å². The molecule has 0 aliphatic carbocycles. The zero-order chi connectivity index (χ0) is 90.1. The molecule has 3 unspecified atom stereocenters. The molecule has 0 bridgehead atoms. The van der Waals surface area contributed by atoms with Gasteiger partial charge in [-0.05, 0) is 158 Å². The van der Waals surface area contributed by atoms with Crippen LogP contribution < -0.4 is 24.1 Å². The van der Waals surface area contributed by atoms with E-state index < -0.39 is 0 Å². The van der Waals surface area contributed by atoms with Crippen molar-refractivity contribution in [1.29, 1.82) is 0 Å². The molecule has 8 aliphatic rings. The lowest BCUT2D eigenvalue weighted by atomic mass is 9.88. The molecule has 0 saturated carbocycles. The molecule has 130 heavy (non-hydrogen) atoms. The van der Waals surface area contributed by atoms with Gasteiger partial charge in [0, 0.05) is 135 Å². The van der Waals surface area contributed by atoms with E-state index in [1.165, 1.54) is 174 Å². The Bertz CT molecular complexity index is 6980. The highest BCUT2D eigenvalue weighted by molar-refractivity contribution is 5.97. The smallest absolute Gasteiger partial charge is 0.201 e. The quantitative estimate of drug-likeness (QED) is 0.101. The largest absolute Gasteiger partial charge is 0.358 e. The van der Waals surface area contributed by atoms with Crippen molar-refractivity contribution in [1.82, 2.24) is 46.9 Å². The van der Waals surface area contributed by atoms with Gasteiger partial charge in [0.15, 0.2) is 24.0 Å². The summed E-state index contributed by atoms with van der Waals surface area (Å²) >= 11 is 0. The van der Waals surface area contributed by atoms with Crippen LogP contribution in [-0.2, 0) is 32.4 Å². The lowest BCUT2D eigenvalue weighted by molar-refractivity contribution is -0.751. The molecule has 0 fully saturated rings. The van der Waals surface area contributed by atoms with Crippen molar-refractivity contribution in [2.45, 2.75) is 209 Å². The zero-order valence-corrected chi connectivity index (χ0v) is 79.4. The van der Waals surface area contributed by atoms with E-state index in [1.54, 1.807) is 0 Å². The van der Waals surface area contributed by atoms with Gasteiger partial charge in [0.2, 0.25) is 13.1 Å². The lowest BCUT2D eigenvalue weighted by Gasteiger charge is -2.28. The topological polar surface area (TPSA) is 61.7 Å². The van der Waals surface area contributed by atoms with Crippen LogP contribution in [0.1, 0.15) is 230 Å². The van der Waals surface area contributed by atoms with Crippen molar-refractivity contribution < 1.29 is 9.36 Å². The van der Waals surface area contributed by atoms with Gasteiger partial charge in [-0.3, -0.25) is 22.8 Å². The van der Waals surface area contributed by atoms with Crippen LogP contribution in [0.4, 0.5) is 17.5 Å². The van der Waals surface area contributed by atoms with Crippen LogP contribution >= 0.6 is 0 Å². The number of para-hydroxylation sites is 7. The minimum absolute atomic E-state index is 0.370. The number of aromatic nitrogens is 9. The summed E-state index contributed by atoms with van der Waals surface area (Å²) in [6, 6.07) is 82.2. The van der Waals surface area contributed by atoms with Crippen LogP contribution in [-0.4, -0.2) is 86.5 Å². The Labute approximate surface area is 768 Å². The highest BCUT2D eigenvalue weighted by Crippen LogP contribution is 2.52. The second-order valence-electron chi connectivity index (χ2n) is 39.4. The highest BCUT2D eigenvalue weighted by atomic mass is 15.5. The molecule has 9 aromatic carbocycles. The third kappa shape index (κ3) is 14.2. The number of rotatable bonds is 14. The van der Waals surface area contributed by atoms with Gasteiger partial charge in [-0.2, -0.15) is 0 Å². The van der Waals surface area contributed by atoms with Crippen LogP contribution in [0.2, 0.25) is 0 Å². The number of benzene rings is 9. The van der Waals surface area contributed by atoms with Crippen molar-refractivity contribution in [3.05, 3.63) is 371 Å². The first-order valence-corrected chi connectivity index (χ1v) is 47.6. The molecule has 3 atom stereocenters. The van der Waals surface area contributed by atoms with E-state index in [4.69, 9.17) is 0 Å². The lowest BCUT2D eigenvalue weighted by Crippen LogP contribution is -2.36. The van der Waals surface area contributed by atoms with Crippen molar-refractivity contribution in [3.63, 3.8) is 0 Å². The Balaban J connectivity index is 0.000000103. The second-order valence-corrected chi connectivity index (χ2v) is 39.4. The number of hydrogen-bond acceptors (Lipinski definition) is 6. The van der Waals surface area contributed by atoms with Crippen molar-refractivity contribution >= 4 is 50.2 Å². The molecule has 7 aromatic heterocycles. The first-order chi connectivity index (χ1) is 62.9. The molecule has 16 aromatic rings. The predicted molar refractivity (Wildman–Crippen MR) is 537 cm³/mol. The van der Waals surface area contributed by atoms with E-state index >= 15 is 0 Å². The van der Waals surface area contributed by atoms with E-state index in [2.05, 4.69) is 502 Å². The average Bonchev–Trinajstić information content (AvgIpc) is 1.54. The first kappa shape index (κ1) is 84.7. The monoisotopic (exact) mass is 1720 g/mol. The summed E-state index contributed by atoms with van der Waals surface area (Å²) in [5, 5.41) is 4.15. The maximum absolute atomic E-state index is 2.58. The van der Waals surface area contributed by atoms with E-state index in [0.29, 0.717) is 65.8 Å². The molecule has 660 valence electrons. The highest BCUT2D eigenvalue weighted by Gasteiger charge is 2.44. The molecule has 15 nitrogen and oxygen atoms in total. The van der Waals surface area contributed by atoms with E-state index in [1.807, 2.05) is 0 Å². The predicted octanol–water partition coefficient (Wildman–Crippen LogP) is 25.7. The molecule has 0 amide bonds. The fraction of sp³-hybridized carbons (Fsp3) is 0.304. The summed E-state index contributed by atoms with van der Waals surface area (Å²) in [4.78, 5) is 14.4. The Kier molecular flexibility index (Phi) is 22.1. The number of hydrogen-bond donors (Lipinski definition) is 0. The van der Waals surface area contributed by atoms with E-state index in [0.717, 1.165) is 32.4 Å². The van der Waals surface area contributed by atoms with Gasteiger partial charge in [0.05, 0.1) is 68.5 Å². The van der Waals surface area contributed by atoms with Crippen LogP contribution in [0.15, 0.2) is 299 Å². The molecule has 8 aliphatic heterocycles. The molecule has 0 saturated heterocycles. The maximum atomic E-state index is 2.58. The number of fused-ring (bicyclic) bond motifs is 21. The van der Waals surface area contributed by atoms with Crippen molar-refractivity contribution in [3.8, 4) is 51.2 Å².